The minimum Gasteiger partial charge on any atom is -0.508 e. The first-order chi connectivity index (χ1) is 16.1. The molecule has 3 aromatic rings. The Morgan fingerprint density at radius 3 is 2.32 bits per heavy atom. The highest BCUT2D eigenvalue weighted by Gasteiger charge is 2.27. The standard InChI is InChI=1S/C27H31N3O4/c1-27(2,3)34-26(33)23(16-9-18-7-5-4-6-8-18)30-25(32)19-10-15-22(28)24(17-19)29-20-11-13-21(31)14-12-20/h4-8,10-15,17,23,29,31H,9,16,28H2,1-3H3,(H,30,32)/t23-/m0/s1. The number of nitrogen functional groups attached to an aromatic ring is 1. The highest BCUT2D eigenvalue weighted by molar-refractivity contribution is 5.98. The molecule has 0 heterocycles. The van der Waals surface area contributed by atoms with Crippen LogP contribution in [0, 0.1) is 0 Å². The number of carbonyl (C=O) groups excluding carboxylic acids is 2. The molecule has 0 unspecified atom stereocenters. The molecule has 0 aliphatic rings. The van der Waals surface area contributed by atoms with E-state index < -0.39 is 23.5 Å². The molecule has 178 valence electrons. The molecule has 0 radical (unpaired) electrons. The molecular formula is C27H31N3O4. The fourth-order valence-electron chi connectivity index (χ4n) is 3.33. The Morgan fingerprint density at radius 2 is 1.68 bits per heavy atom. The van der Waals surface area contributed by atoms with Gasteiger partial charge in [-0.3, -0.25) is 4.79 Å². The molecule has 7 nitrogen and oxygen atoms in total. The van der Waals surface area contributed by atoms with Crippen LogP contribution in [0.1, 0.15) is 43.1 Å². The van der Waals surface area contributed by atoms with Crippen molar-refractivity contribution in [3.8, 4) is 5.75 Å². The minimum absolute atomic E-state index is 0.148. The predicted octanol–water partition coefficient (Wildman–Crippen LogP) is 4.79. The average molecular weight is 462 g/mol. The number of phenols is 1. The molecule has 5 N–H and O–H groups in total. The van der Waals surface area contributed by atoms with E-state index in [1.54, 1.807) is 63.2 Å². The van der Waals surface area contributed by atoms with E-state index >= 15 is 0 Å². The number of ether oxygens (including phenoxy) is 1. The van der Waals surface area contributed by atoms with Gasteiger partial charge >= 0.3 is 5.97 Å². The Hall–Kier alpha value is -4.00. The summed E-state index contributed by atoms with van der Waals surface area (Å²) in [5.74, 6) is -0.734. The Balaban J connectivity index is 1.76. The lowest BCUT2D eigenvalue weighted by Gasteiger charge is -2.25. The lowest BCUT2D eigenvalue weighted by molar-refractivity contribution is -0.157. The largest absolute Gasteiger partial charge is 0.508 e. The van der Waals surface area contributed by atoms with Crippen LogP contribution in [-0.4, -0.2) is 28.6 Å². The van der Waals surface area contributed by atoms with Crippen LogP contribution in [0.2, 0.25) is 0 Å². The summed E-state index contributed by atoms with van der Waals surface area (Å²) in [6.45, 7) is 5.38. The quantitative estimate of drug-likeness (QED) is 0.218. The molecule has 0 spiro atoms. The molecule has 0 bridgehead atoms. The SMILES string of the molecule is CC(C)(C)OC(=O)[C@H](CCc1ccccc1)NC(=O)c1ccc(N)c(Nc2ccc(O)cc2)c1. The maximum Gasteiger partial charge on any atom is 0.329 e. The van der Waals surface area contributed by atoms with E-state index in [1.165, 1.54) is 0 Å². The molecule has 1 atom stereocenters. The third kappa shape index (κ3) is 7.27. The predicted molar refractivity (Wildman–Crippen MR) is 134 cm³/mol. The summed E-state index contributed by atoms with van der Waals surface area (Å²) in [4.78, 5) is 25.9. The van der Waals surface area contributed by atoms with Gasteiger partial charge in [-0.25, -0.2) is 4.79 Å². The Bertz CT molecular complexity index is 1120. The molecule has 0 aliphatic heterocycles. The van der Waals surface area contributed by atoms with Gasteiger partial charge < -0.3 is 26.2 Å². The number of aromatic hydroxyl groups is 1. The number of hydrogen-bond donors (Lipinski definition) is 4. The molecule has 3 rings (SSSR count). The zero-order valence-electron chi connectivity index (χ0n) is 19.7. The second-order valence-corrected chi connectivity index (χ2v) is 9.06. The number of rotatable bonds is 8. The average Bonchev–Trinajstić information content (AvgIpc) is 2.79. The van der Waals surface area contributed by atoms with E-state index in [9.17, 15) is 14.7 Å². The topological polar surface area (TPSA) is 114 Å². The highest BCUT2D eigenvalue weighted by Crippen LogP contribution is 2.26. The first-order valence-electron chi connectivity index (χ1n) is 11.1. The summed E-state index contributed by atoms with van der Waals surface area (Å²) in [6, 6.07) is 20.3. The summed E-state index contributed by atoms with van der Waals surface area (Å²) < 4.78 is 5.55. The highest BCUT2D eigenvalue weighted by atomic mass is 16.6. The first-order valence-corrected chi connectivity index (χ1v) is 11.1. The van der Waals surface area contributed by atoms with Crippen LogP contribution in [0.5, 0.6) is 5.75 Å². The number of amides is 1. The first kappa shape index (κ1) is 24.6. The Kier molecular flexibility index (Phi) is 7.79. The molecule has 0 fully saturated rings. The van der Waals surface area contributed by atoms with E-state index in [2.05, 4.69) is 10.6 Å². The van der Waals surface area contributed by atoms with Gasteiger partial charge in [0, 0.05) is 11.3 Å². The van der Waals surface area contributed by atoms with Crippen molar-refractivity contribution in [3.63, 3.8) is 0 Å². The zero-order chi connectivity index (χ0) is 24.7. The van der Waals surface area contributed by atoms with E-state index in [4.69, 9.17) is 10.5 Å². The monoisotopic (exact) mass is 461 g/mol. The molecule has 0 aromatic heterocycles. The van der Waals surface area contributed by atoms with Gasteiger partial charge in [-0.15, -0.1) is 0 Å². The van der Waals surface area contributed by atoms with Gasteiger partial charge in [0.05, 0.1) is 11.4 Å². The number of hydrogen-bond acceptors (Lipinski definition) is 6. The van der Waals surface area contributed by atoms with Gasteiger partial charge in [0.25, 0.3) is 5.91 Å². The minimum atomic E-state index is -0.807. The summed E-state index contributed by atoms with van der Waals surface area (Å²) in [7, 11) is 0. The Morgan fingerprint density at radius 1 is 1.00 bits per heavy atom. The van der Waals surface area contributed by atoms with Gasteiger partial charge in [-0.05, 0) is 81.6 Å². The molecule has 0 aliphatic carbocycles. The lowest BCUT2D eigenvalue weighted by Crippen LogP contribution is -2.44. The number of benzene rings is 3. The molecule has 1 amide bonds. The van der Waals surface area contributed by atoms with Crippen molar-refractivity contribution in [3.05, 3.63) is 83.9 Å². The zero-order valence-corrected chi connectivity index (χ0v) is 19.7. The van der Waals surface area contributed by atoms with Crippen LogP contribution < -0.4 is 16.4 Å². The molecule has 0 saturated heterocycles. The van der Waals surface area contributed by atoms with E-state index in [0.29, 0.717) is 35.5 Å². The number of anilines is 3. The van der Waals surface area contributed by atoms with E-state index in [-0.39, 0.29) is 5.75 Å². The van der Waals surface area contributed by atoms with Crippen molar-refractivity contribution in [2.45, 2.75) is 45.3 Å². The number of esters is 1. The van der Waals surface area contributed by atoms with Gasteiger partial charge in [0.1, 0.15) is 17.4 Å². The van der Waals surface area contributed by atoms with Crippen LogP contribution in [0.25, 0.3) is 0 Å². The van der Waals surface area contributed by atoms with Crippen LogP contribution in [-0.2, 0) is 16.0 Å². The summed E-state index contributed by atoms with van der Waals surface area (Å²) in [5.41, 5.74) is 8.53. The lowest BCUT2D eigenvalue weighted by atomic mass is 10.0. The van der Waals surface area contributed by atoms with Crippen LogP contribution >= 0.6 is 0 Å². The maximum atomic E-state index is 13.1. The molecule has 7 heteroatoms. The van der Waals surface area contributed by atoms with Crippen LogP contribution in [0.4, 0.5) is 17.1 Å². The van der Waals surface area contributed by atoms with E-state index in [1.807, 2.05) is 30.3 Å². The van der Waals surface area contributed by atoms with Crippen LogP contribution in [0.15, 0.2) is 72.8 Å². The Labute approximate surface area is 200 Å². The van der Waals surface area contributed by atoms with Crippen molar-refractivity contribution < 1.29 is 19.4 Å². The normalized spacial score (nSPS) is 12.0. The van der Waals surface area contributed by atoms with E-state index in [0.717, 1.165) is 5.56 Å². The fourth-order valence-corrected chi connectivity index (χ4v) is 3.33. The van der Waals surface area contributed by atoms with Crippen molar-refractivity contribution >= 4 is 28.9 Å². The molecule has 34 heavy (non-hydrogen) atoms. The van der Waals surface area contributed by atoms with Crippen molar-refractivity contribution in [1.82, 2.24) is 5.32 Å². The number of nitrogens with two attached hydrogens (primary N) is 1. The maximum absolute atomic E-state index is 13.1. The van der Waals surface area contributed by atoms with Gasteiger partial charge in [0.15, 0.2) is 0 Å². The second kappa shape index (κ2) is 10.7. The molecule has 3 aromatic carbocycles. The number of carbonyl (C=O) groups is 2. The number of aryl methyl sites for hydroxylation is 1. The van der Waals surface area contributed by atoms with Gasteiger partial charge in [-0.2, -0.15) is 0 Å². The molecule has 0 saturated carbocycles. The third-order valence-electron chi connectivity index (χ3n) is 5.02. The fraction of sp³-hybridized carbons (Fsp3) is 0.259. The smallest absolute Gasteiger partial charge is 0.329 e. The number of phenolic OH excluding ortho intramolecular Hbond substituents is 1. The summed E-state index contributed by atoms with van der Waals surface area (Å²) >= 11 is 0. The summed E-state index contributed by atoms with van der Waals surface area (Å²) in [5, 5.41) is 15.4. The van der Waals surface area contributed by atoms with Gasteiger partial charge in [-0.1, -0.05) is 30.3 Å². The second-order valence-electron chi connectivity index (χ2n) is 9.06. The van der Waals surface area contributed by atoms with Crippen LogP contribution in [0.3, 0.4) is 0 Å². The number of nitrogens with one attached hydrogen (secondary N) is 2. The van der Waals surface area contributed by atoms with Crippen molar-refractivity contribution in [1.29, 1.82) is 0 Å². The van der Waals surface area contributed by atoms with Crippen molar-refractivity contribution in [2.24, 2.45) is 0 Å². The third-order valence-corrected chi connectivity index (χ3v) is 5.02. The van der Waals surface area contributed by atoms with Crippen molar-refractivity contribution in [2.75, 3.05) is 11.1 Å². The summed E-state index contributed by atoms with van der Waals surface area (Å²) in [6.07, 6.45) is 1.01. The van der Waals surface area contributed by atoms with Gasteiger partial charge in [0.2, 0.25) is 0 Å². The molecular weight excluding hydrogens is 430 g/mol.